The fourth-order valence-electron chi connectivity index (χ4n) is 4.18. The highest BCUT2D eigenvalue weighted by atomic mass is 32.1. The second-order valence-corrected chi connectivity index (χ2v) is 9.49. The fraction of sp³-hybridized carbons (Fsp3) is 0.440. The van der Waals surface area contributed by atoms with E-state index in [-0.39, 0.29) is 5.91 Å². The molecule has 0 aliphatic carbocycles. The molecule has 2 heterocycles. The number of thiazole rings is 1. The van der Waals surface area contributed by atoms with Crippen LogP contribution in [0.5, 0.6) is 0 Å². The van der Waals surface area contributed by atoms with Crippen molar-refractivity contribution >= 4 is 32.6 Å². The number of carbonyl (C=O) groups excluding carboxylic acids is 1. The molecule has 1 fully saturated rings. The zero-order valence-corrected chi connectivity index (χ0v) is 19.7. The van der Waals surface area contributed by atoms with Crippen LogP contribution in [0, 0.1) is 27.7 Å². The van der Waals surface area contributed by atoms with Crippen LogP contribution in [-0.2, 0) is 4.74 Å². The second kappa shape index (κ2) is 9.47. The molecule has 1 aliphatic rings. The van der Waals surface area contributed by atoms with E-state index in [2.05, 4.69) is 36.9 Å². The van der Waals surface area contributed by atoms with Crippen molar-refractivity contribution in [2.24, 2.45) is 0 Å². The molecular weight excluding hydrogens is 406 g/mol. The van der Waals surface area contributed by atoms with Gasteiger partial charge in [0.15, 0.2) is 5.13 Å². The Labute approximate surface area is 188 Å². The highest BCUT2D eigenvalue weighted by Crippen LogP contribution is 2.34. The van der Waals surface area contributed by atoms with Gasteiger partial charge in [0.25, 0.3) is 5.91 Å². The van der Waals surface area contributed by atoms with E-state index in [1.54, 1.807) is 11.3 Å². The van der Waals surface area contributed by atoms with Crippen LogP contribution in [0.15, 0.2) is 30.3 Å². The summed E-state index contributed by atoms with van der Waals surface area (Å²) in [7, 11) is 0. The summed E-state index contributed by atoms with van der Waals surface area (Å²) in [5, 5.41) is 0.790. The van der Waals surface area contributed by atoms with Crippen molar-refractivity contribution in [2.45, 2.75) is 34.1 Å². The molecular formula is C25H31N3O2S. The number of hydrogen-bond donors (Lipinski definition) is 0. The number of fused-ring (bicyclic) bond motifs is 1. The Morgan fingerprint density at radius 2 is 1.74 bits per heavy atom. The van der Waals surface area contributed by atoms with Crippen LogP contribution in [-0.4, -0.2) is 55.2 Å². The SMILES string of the molecule is Cc1cc(C)cc(C(=O)N(CCCN2CCOCC2)c2nc3c(C)ccc(C)c3s2)c1. The van der Waals surface area contributed by atoms with Crippen molar-refractivity contribution in [1.29, 1.82) is 0 Å². The summed E-state index contributed by atoms with van der Waals surface area (Å²) in [5.74, 6) is 0.0307. The number of nitrogens with zero attached hydrogens (tertiary/aromatic N) is 3. The maximum Gasteiger partial charge on any atom is 0.260 e. The molecule has 3 aromatic rings. The monoisotopic (exact) mass is 437 g/mol. The Bertz CT molecular complexity index is 1030. The van der Waals surface area contributed by atoms with Gasteiger partial charge in [0, 0.05) is 31.7 Å². The van der Waals surface area contributed by atoms with E-state index in [0.717, 1.165) is 72.2 Å². The average Bonchev–Trinajstić information content (AvgIpc) is 3.20. The Balaban J connectivity index is 1.64. The molecule has 0 bridgehead atoms. The lowest BCUT2D eigenvalue weighted by Crippen LogP contribution is -2.39. The number of anilines is 1. The van der Waals surface area contributed by atoms with Crippen LogP contribution in [0.1, 0.15) is 39.0 Å². The number of morpholine rings is 1. The molecule has 0 atom stereocenters. The second-order valence-electron chi connectivity index (χ2n) is 8.51. The first-order valence-electron chi connectivity index (χ1n) is 11.0. The van der Waals surface area contributed by atoms with Crippen molar-refractivity contribution in [2.75, 3.05) is 44.3 Å². The van der Waals surface area contributed by atoms with Crippen LogP contribution in [0.4, 0.5) is 5.13 Å². The van der Waals surface area contributed by atoms with E-state index in [1.807, 2.05) is 30.9 Å². The van der Waals surface area contributed by atoms with E-state index in [1.165, 1.54) is 10.3 Å². The number of benzene rings is 2. The van der Waals surface area contributed by atoms with E-state index < -0.39 is 0 Å². The highest BCUT2D eigenvalue weighted by Gasteiger charge is 2.23. The zero-order valence-electron chi connectivity index (χ0n) is 18.9. The van der Waals surface area contributed by atoms with Gasteiger partial charge >= 0.3 is 0 Å². The third-order valence-electron chi connectivity index (χ3n) is 5.84. The largest absolute Gasteiger partial charge is 0.379 e. The molecule has 31 heavy (non-hydrogen) atoms. The van der Waals surface area contributed by atoms with Crippen molar-refractivity contribution in [3.05, 3.63) is 58.1 Å². The molecule has 0 radical (unpaired) electrons. The number of ether oxygens (including phenoxy) is 1. The van der Waals surface area contributed by atoms with Gasteiger partial charge in [-0.15, -0.1) is 0 Å². The third-order valence-corrected chi connectivity index (χ3v) is 7.05. The van der Waals surface area contributed by atoms with Crippen molar-refractivity contribution in [1.82, 2.24) is 9.88 Å². The molecule has 0 spiro atoms. The first-order valence-corrected chi connectivity index (χ1v) is 11.8. The van der Waals surface area contributed by atoms with Crippen LogP contribution >= 0.6 is 11.3 Å². The van der Waals surface area contributed by atoms with Crippen LogP contribution in [0.3, 0.4) is 0 Å². The summed E-state index contributed by atoms with van der Waals surface area (Å²) in [5.41, 5.74) is 6.30. The lowest BCUT2D eigenvalue weighted by molar-refractivity contribution is 0.0376. The predicted octanol–water partition coefficient (Wildman–Crippen LogP) is 4.90. The smallest absolute Gasteiger partial charge is 0.260 e. The number of aryl methyl sites for hydroxylation is 4. The summed E-state index contributed by atoms with van der Waals surface area (Å²) in [6.45, 7) is 13.4. The molecule has 6 heteroatoms. The minimum atomic E-state index is 0.0307. The maximum atomic E-state index is 13.6. The Morgan fingerprint density at radius 1 is 1.06 bits per heavy atom. The first-order chi connectivity index (χ1) is 14.9. The molecule has 0 N–H and O–H groups in total. The molecule has 0 unspecified atom stereocenters. The number of amides is 1. The minimum absolute atomic E-state index is 0.0307. The van der Waals surface area contributed by atoms with Gasteiger partial charge in [-0.2, -0.15) is 0 Å². The van der Waals surface area contributed by atoms with E-state index >= 15 is 0 Å². The summed E-state index contributed by atoms with van der Waals surface area (Å²) >= 11 is 1.62. The molecule has 1 saturated heterocycles. The van der Waals surface area contributed by atoms with E-state index in [0.29, 0.717) is 6.54 Å². The summed E-state index contributed by atoms with van der Waals surface area (Å²) in [6, 6.07) is 10.3. The number of rotatable bonds is 6. The van der Waals surface area contributed by atoms with Gasteiger partial charge in [0.05, 0.1) is 23.4 Å². The summed E-state index contributed by atoms with van der Waals surface area (Å²) < 4.78 is 6.62. The van der Waals surface area contributed by atoms with Gasteiger partial charge in [-0.1, -0.05) is 40.7 Å². The lowest BCUT2D eigenvalue weighted by atomic mass is 10.1. The van der Waals surface area contributed by atoms with Gasteiger partial charge in [-0.3, -0.25) is 14.6 Å². The fourth-order valence-corrected chi connectivity index (χ4v) is 5.31. The van der Waals surface area contributed by atoms with Crippen molar-refractivity contribution < 1.29 is 9.53 Å². The van der Waals surface area contributed by atoms with Gasteiger partial charge in [0.1, 0.15) is 0 Å². The number of carbonyl (C=O) groups is 1. The molecule has 1 amide bonds. The van der Waals surface area contributed by atoms with Gasteiger partial charge in [-0.05, 0) is 57.4 Å². The molecule has 164 valence electrons. The molecule has 5 nitrogen and oxygen atoms in total. The first kappa shape index (κ1) is 21.9. The Morgan fingerprint density at radius 3 is 2.42 bits per heavy atom. The molecule has 1 aromatic heterocycles. The number of hydrogen-bond acceptors (Lipinski definition) is 5. The quantitative estimate of drug-likeness (QED) is 0.550. The van der Waals surface area contributed by atoms with Crippen LogP contribution < -0.4 is 4.90 Å². The van der Waals surface area contributed by atoms with Gasteiger partial charge in [0.2, 0.25) is 0 Å². The number of aromatic nitrogens is 1. The van der Waals surface area contributed by atoms with Crippen molar-refractivity contribution in [3.8, 4) is 0 Å². The predicted molar refractivity (Wildman–Crippen MR) is 129 cm³/mol. The van der Waals surface area contributed by atoms with E-state index in [9.17, 15) is 4.79 Å². The lowest BCUT2D eigenvalue weighted by Gasteiger charge is -2.27. The molecule has 1 aliphatic heterocycles. The van der Waals surface area contributed by atoms with Crippen LogP contribution in [0.25, 0.3) is 10.2 Å². The topological polar surface area (TPSA) is 45.7 Å². The molecule has 4 rings (SSSR count). The standard InChI is InChI=1S/C25H31N3O2S/c1-17-14-18(2)16-21(15-17)24(29)28(9-5-8-27-10-12-30-13-11-27)25-26-22-19(3)6-7-20(4)23(22)31-25/h6-7,14-16H,5,8-13H2,1-4H3. The third kappa shape index (κ3) is 4.97. The zero-order chi connectivity index (χ0) is 22.0. The van der Waals surface area contributed by atoms with E-state index in [4.69, 9.17) is 9.72 Å². The van der Waals surface area contributed by atoms with Crippen molar-refractivity contribution in [3.63, 3.8) is 0 Å². The normalized spacial score (nSPS) is 14.8. The van der Waals surface area contributed by atoms with Gasteiger partial charge < -0.3 is 4.74 Å². The molecule has 0 saturated carbocycles. The maximum absolute atomic E-state index is 13.6. The summed E-state index contributed by atoms with van der Waals surface area (Å²) in [6.07, 6.45) is 0.907. The van der Waals surface area contributed by atoms with Crippen LogP contribution in [0.2, 0.25) is 0 Å². The minimum Gasteiger partial charge on any atom is -0.379 e. The Kier molecular flexibility index (Phi) is 6.70. The summed E-state index contributed by atoms with van der Waals surface area (Å²) in [4.78, 5) is 22.9. The highest BCUT2D eigenvalue weighted by molar-refractivity contribution is 7.22. The molecule has 2 aromatic carbocycles. The Hall–Kier alpha value is -2.28. The average molecular weight is 438 g/mol. The van der Waals surface area contributed by atoms with Gasteiger partial charge in [-0.25, -0.2) is 4.98 Å².